The maximum absolute atomic E-state index is 11.6. The zero-order valence-electron chi connectivity index (χ0n) is 10.9. The number of hydrogen-bond donors (Lipinski definition) is 1. The smallest absolute Gasteiger partial charge is 0.225 e. The summed E-state index contributed by atoms with van der Waals surface area (Å²) in [7, 11) is 1.63. The first-order valence-electron chi connectivity index (χ1n) is 6.18. The number of carbonyl (C=O) groups is 1. The van der Waals surface area contributed by atoms with E-state index in [1.54, 1.807) is 7.11 Å². The summed E-state index contributed by atoms with van der Waals surface area (Å²) in [5.41, 5.74) is 7.49. The van der Waals surface area contributed by atoms with E-state index in [0.717, 1.165) is 16.9 Å². The van der Waals surface area contributed by atoms with Gasteiger partial charge in [0.15, 0.2) is 0 Å². The number of amides is 1. The van der Waals surface area contributed by atoms with Crippen LogP contribution in [0.3, 0.4) is 0 Å². The zero-order chi connectivity index (χ0) is 13.7. The minimum Gasteiger partial charge on any atom is -0.497 e. The highest BCUT2D eigenvalue weighted by molar-refractivity contribution is 5.82. The lowest BCUT2D eigenvalue weighted by Gasteiger charge is -2.14. The Balaban J connectivity index is 2.24. The fraction of sp³-hybridized carbons (Fsp3) is 0.188. The average Bonchev–Trinajstić information content (AvgIpc) is 2.45. The van der Waals surface area contributed by atoms with Gasteiger partial charge in [-0.15, -0.1) is 0 Å². The zero-order valence-corrected chi connectivity index (χ0v) is 10.9. The van der Waals surface area contributed by atoms with Crippen LogP contribution in [0, 0.1) is 0 Å². The van der Waals surface area contributed by atoms with Gasteiger partial charge >= 0.3 is 0 Å². The molecule has 3 nitrogen and oxygen atoms in total. The molecule has 98 valence electrons. The van der Waals surface area contributed by atoms with Gasteiger partial charge in [-0.2, -0.15) is 0 Å². The molecule has 0 heterocycles. The molecule has 0 aromatic heterocycles. The van der Waals surface area contributed by atoms with E-state index in [2.05, 4.69) is 0 Å². The molecule has 0 radical (unpaired) electrons. The van der Waals surface area contributed by atoms with Gasteiger partial charge in [0, 0.05) is 0 Å². The number of ether oxygens (including phenoxy) is 1. The Kier molecular flexibility index (Phi) is 4.18. The molecule has 2 aromatic rings. The third-order valence-electron chi connectivity index (χ3n) is 3.12. The fourth-order valence-electron chi connectivity index (χ4n) is 2.10. The Morgan fingerprint density at radius 1 is 1.16 bits per heavy atom. The van der Waals surface area contributed by atoms with Crippen molar-refractivity contribution in [3.63, 3.8) is 0 Å². The van der Waals surface area contributed by atoms with Crippen LogP contribution in [0.15, 0.2) is 54.6 Å². The number of hydrogen-bond acceptors (Lipinski definition) is 2. The van der Waals surface area contributed by atoms with Gasteiger partial charge in [-0.05, 0) is 29.7 Å². The van der Waals surface area contributed by atoms with E-state index in [4.69, 9.17) is 10.5 Å². The maximum atomic E-state index is 11.6. The first-order valence-corrected chi connectivity index (χ1v) is 6.18. The molecule has 2 N–H and O–H groups in total. The van der Waals surface area contributed by atoms with Gasteiger partial charge in [-0.1, -0.05) is 42.5 Å². The van der Waals surface area contributed by atoms with Gasteiger partial charge in [0.05, 0.1) is 13.0 Å². The van der Waals surface area contributed by atoms with Crippen LogP contribution < -0.4 is 10.5 Å². The van der Waals surface area contributed by atoms with E-state index in [9.17, 15) is 4.79 Å². The summed E-state index contributed by atoms with van der Waals surface area (Å²) in [6, 6.07) is 17.3. The highest BCUT2D eigenvalue weighted by atomic mass is 16.5. The SMILES string of the molecule is COc1cccc(CC(C(N)=O)c2ccccc2)c1. The second-order valence-electron chi connectivity index (χ2n) is 4.42. The topological polar surface area (TPSA) is 52.3 Å². The molecule has 0 spiro atoms. The van der Waals surface area contributed by atoms with Crippen molar-refractivity contribution in [1.29, 1.82) is 0 Å². The minimum atomic E-state index is -0.312. The van der Waals surface area contributed by atoms with Crippen molar-refractivity contribution in [1.82, 2.24) is 0 Å². The minimum absolute atomic E-state index is 0.311. The summed E-state index contributed by atoms with van der Waals surface area (Å²) < 4.78 is 5.19. The number of rotatable bonds is 5. The fourth-order valence-corrected chi connectivity index (χ4v) is 2.10. The average molecular weight is 255 g/mol. The Morgan fingerprint density at radius 2 is 1.89 bits per heavy atom. The lowest BCUT2D eigenvalue weighted by Crippen LogP contribution is -2.23. The van der Waals surface area contributed by atoms with Crippen molar-refractivity contribution < 1.29 is 9.53 Å². The predicted octanol–water partition coefficient (Wildman–Crippen LogP) is 2.51. The molecule has 0 saturated heterocycles. The van der Waals surface area contributed by atoms with Crippen molar-refractivity contribution in [3.05, 3.63) is 65.7 Å². The number of carbonyl (C=O) groups excluding carboxylic acids is 1. The van der Waals surface area contributed by atoms with E-state index < -0.39 is 0 Å². The number of methoxy groups -OCH3 is 1. The number of primary amides is 1. The molecular formula is C16H17NO2. The van der Waals surface area contributed by atoms with Crippen LogP contribution in [-0.4, -0.2) is 13.0 Å². The summed E-state index contributed by atoms with van der Waals surface area (Å²) in [4.78, 5) is 11.6. The van der Waals surface area contributed by atoms with Crippen molar-refractivity contribution in [2.24, 2.45) is 5.73 Å². The molecule has 2 aromatic carbocycles. The molecule has 1 unspecified atom stereocenters. The van der Waals surface area contributed by atoms with Crippen LogP contribution in [0.2, 0.25) is 0 Å². The quantitative estimate of drug-likeness (QED) is 0.892. The largest absolute Gasteiger partial charge is 0.497 e. The van der Waals surface area contributed by atoms with Crippen LogP contribution in [-0.2, 0) is 11.2 Å². The Hall–Kier alpha value is -2.29. The molecular weight excluding hydrogens is 238 g/mol. The molecule has 0 fully saturated rings. The number of nitrogens with two attached hydrogens (primary N) is 1. The third-order valence-corrected chi connectivity index (χ3v) is 3.12. The van der Waals surface area contributed by atoms with Crippen molar-refractivity contribution >= 4 is 5.91 Å². The van der Waals surface area contributed by atoms with Gasteiger partial charge < -0.3 is 10.5 Å². The monoisotopic (exact) mass is 255 g/mol. The summed E-state index contributed by atoms with van der Waals surface area (Å²) in [6.45, 7) is 0. The van der Waals surface area contributed by atoms with E-state index in [1.807, 2.05) is 54.6 Å². The molecule has 0 aliphatic heterocycles. The van der Waals surface area contributed by atoms with E-state index in [-0.39, 0.29) is 11.8 Å². The van der Waals surface area contributed by atoms with Crippen molar-refractivity contribution in [2.45, 2.75) is 12.3 Å². The second-order valence-corrected chi connectivity index (χ2v) is 4.42. The van der Waals surface area contributed by atoms with E-state index in [0.29, 0.717) is 6.42 Å². The van der Waals surface area contributed by atoms with Crippen LogP contribution in [0.4, 0.5) is 0 Å². The molecule has 3 heteroatoms. The molecule has 0 aliphatic rings. The lowest BCUT2D eigenvalue weighted by atomic mass is 9.91. The van der Waals surface area contributed by atoms with Gasteiger partial charge in [-0.3, -0.25) is 4.79 Å². The highest BCUT2D eigenvalue weighted by Gasteiger charge is 2.18. The van der Waals surface area contributed by atoms with Crippen LogP contribution >= 0.6 is 0 Å². The summed E-state index contributed by atoms with van der Waals surface area (Å²) >= 11 is 0. The van der Waals surface area contributed by atoms with Gasteiger partial charge in [-0.25, -0.2) is 0 Å². The van der Waals surface area contributed by atoms with Gasteiger partial charge in [0.1, 0.15) is 5.75 Å². The first-order chi connectivity index (χ1) is 9.20. The van der Waals surface area contributed by atoms with Crippen LogP contribution in [0.25, 0.3) is 0 Å². The van der Waals surface area contributed by atoms with E-state index >= 15 is 0 Å². The Bertz CT molecular complexity index is 552. The summed E-state index contributed by atoms with van der Waals surface area (Å²) in [6.07, 6.45) is 0.580. The first kappa shape index (κ1) is 13.1. The van der Waals surface area contributed by atoms with Crippen LogP contribution in [0.1, 0.15) is 17.0 Å². The molecule has 0 bridgehead atoms. The summed E-state index contributed by atoms with van der Waals surface area (Å²) in [5, 5.41) is 0. The second kappa shape index (κ2) is 6.05. The van der Waals surface area contributed by atoms with Crippen molar-refractivity contribution in [3.8, 4) is 5.75 Å². The molecule has 19 heavy (non-hydrogen) atoms. The van der Waals surface area contributed by atoms with Crippen molar-refractivity contribution in [2.75, 3.05) is 7.11 Å². The normalized spacial score (nSPS) is 11.8. The lowest BCUT2D eigenvalue weighted by molar-refractivity contribution is -0.119. The number of benzene rings is 2. The molecule has 0 saturated carbocycles. The predicted molar refractivity (Wildman–Crippen MR) is 75.1 cm³/mol. The molecule has 1 amide bonds. The molecule has 2 rings (SSSR count). The third kappa shape index (κ3) is 3.35. The maximum Gasteiger partial charge on any atom is 0.225 e. The van der Waals surface area contributed by atoms with E-state index in [1.165, 1.54) is 0 Å². The Labute approximate surface area is 113 Å². The van der Waals surface area contributed by atoms with Gasteiger partial charge in [0.2, 0.25) is 5.91 Å². The standard InChI is InChI=1S/C16H17NO2/c1-19-14-9-5-6-12(10-14)11-15(16(17)18)13-7-3-2-4-8-13/h2-10,15H,11H2,1H3,(H2,17,18). The highest BCUT2D eigenvalue weighted by Crippen LogP contribution is 2.22. The summed E-state index contributed by atoms with van der Waals surface area (Å²) in [5.74, 6) is 0.163. The molecule has 0 aliphatic carbocycles. The van der Waals surface area contributed by atoms with Gasteiger partial charge in [0.25, 0.3) is 0 Å². The van der Waals surface area contributed by atoms with Crippen LogP contribution in [0.5, 0.6) is 5.75 Å². The Morgan fingerprint density at radius 3 is 2.53 bits per heavy atom. The molecule has 1 atom stereocenters.